The predicted octanol–water partition coefficient (Wildman–Crippen LogP) is 16.3. The first-order valence-electron chi connectivity index (χ1n) is 19.9. The van der Waals surface area contributed by atoms with E-state index in [9.17, 15) is 0 Å². The fourth-order valence-corrected chi connectivity index (χ4v) is 10.7. The van der Waals surface area contributed by atoms with Crippen LogP contribution in [0.2, 0.25) is 0 Å². The van der Waals surface area contributed by atoms with Gasteiger partial charge < -0.3 is 19.3 Å². The number of ether oxygens (including phenoxy) is 2. The average molecular weight is 755 g/mol. The molecule has 12 rings (SSSR count). The van der Waals surface area contributed by atoms with Crippen LogP contribution in [-0.4, -0.2) is 0 Å². The van der Waals surface area contributed by atoms with E-state index in [1.165, 1.54) is 63.6 Å². The Morgan fingerprint density at radius 1 is 0.368 bits per heavy atom. The molecule has 9 aromatic carbocycles. The minimum Gasteiger partial charge on any atom is -0.453 e. The summed E-state index contributed by atoms with van der Waals surface area (Å²) in [5.74, 6) is 4.02. The molecule has 4 nitrogen and oxygen atoms in total. The smallest absolute Gasteiger partial charge is 0.152 e. The van der Waals surface area contributed by atoms with Gasteiger partial charge in [0, 0.05) is 30.9 Å². The van der Waals surface area contributed by atoms with Crippen molar-refractivity contribution in [2.45, 2.75) is 39.5 Å². The SMILES string of the molecule is CC(C)c1cc(N2c3ccccc3Oc3ccccc32)c2ccc3c(C(C)C)cc(N4c5ccccc5Oc5cc6c(cc54)sc4ccccc46)c4ccc1c2c34. The molecule has 0 amide bonds. The van der Waals surface area contributed by atoms with Crippen molar-refractivity contribution in [1.82, 2.24) is 0 Å². The number of anilines is 6. The Kier molecular flexibility index (Phi) is 6.86. The third kappa shape index (κ3) is 4.61. The Morgan fingerprint density at radius 3 is 1.37 bits per heavy atom. The van der Waals surface area contributed by atoms with E-state index < -0.39 is 0 Å². The lowest BCUT2D eigenvalue weighted by atomic mass is 9.84. The Bertz CT molecular complexity index is 3240. The lowest BCUT2D eigenvalue weighted by Crippen LogP contribution is -2.17. The first-order chi connectivity index (χ1) is 27.9. The van der Waals surface area contributed by atoms with Crippen molar-refractivity contribution in [3.8, 4) is 23.0 Å². The third-order valence-electron chi connectivity index (χ3n) is 12.1. The van der Waals surface area contributed by atoms with Gasteiger partial charge in [0.25, 0.3) is 0 Å². The molecule has 0 bridgehead atoms. The quantitative estimate of drug-likeness (QED) is 0.167. The van der Waals surface area contributed by atoms with Crippen LogP contribution in [0.3, 0.4) is 0 Å². The fraction of sp³-hybridized carbons (Fsp3) is 0.115. The van der Waals surface area contributed by atoms with E-state index in [-0.39, 0.29) is 5.92 Å². The summed E-state index contributed by atoms with van der Waals surface area (Å²) in [6.07, 6.45) is 0. The van der Waals surface area contributed by atoms with E-state index in [1.54, 1.807) is 0 Å². The number of hydrogen-bond donors (Lipinski definition) is 0. The molecule has 0 spiro atoms. The van der Waals surface area contributed by atoms with Crippen LogP contribution in [0.4, 0.5) is 34.1 Å². The van der Waals surface area contributed by atoms with E-state index in [2.05, 4.69) is 183 Å². The minimum absolute atomic E-state index is 0.288. The molecule has 1 aromatic heterocycles. The van der Waals surface area contributed by atoms with Gasteiger partial charge in [-0.1, -0.05) is 107 Å². The van der Waals surface area contributed by atoms with Gasteiger partial charge in [0.05, 0.1) is 34.1 Å². The normalized spacial score (nSPS) is 13.4. The summed E-state index contributed by atoms with van der Waals surface area (Å²) in [7, 11) is 0. The van der Waals surface area contributed by atoms with Gasteiger partial charge in [-0.2, -0.15) is 0 Å². The number of nitrogens with zero attached hydrogens (tertiary/aromatic N) is 2. The summed E-state index contributed by atoms with van der Waals surface area (Å²) < 4.78 is 15.8. The van der Waals surface area contributed by atoms with Gasteiger partial charge in [-0.15, -0.1) is 11.3 Å². The largest absolute Gasteiger partial charge is 0.453 e. The molecule has 2 aliphatic heterocycles. The molecule has 0 saturated carbocycles. The van der Waals surface area contributed by atoms with E-state index in [0.29, 0.717) is 5.92 Å². The molecule has 0 radical (unpaired) electrons. The number of para-hydroxylation sites is 6. The molecule has 0 atom stereocenters. The Morgan fingerprint density at radius 2 is 0.825 bits per heavy atom. The van der Waals surface area contributed by atoms with Crippen molar-refractivity contribution in [2.24, 2.45) is 0 Å². The maximum Gasteiger partial charge on any atom is 0.152 e. The number of rotatable bonds is 4. The minimum atomic E-state index is 0.288. The van der Waals surface area contributed by atoms with Gasteiger partial charge in [0.2, 0.25) is 0 Å². The monoisotopic (exact) mass is 754 g/mol. The lowest BCUT2D eigenvalue weighted by Gasteiger charge is -2.36. The van der Waals surface area contributed by atoms with Crippen LogP contribution in [0.15, 0.2) is 146 Å². The summed E-state index contributed by atoms with van der Waals surface area (Å²) >= 11 is 1.84. The molecule has 5 heteroatoms. The van der Waals surface area contributed by atoms with Gasteiger partial charge in [-0.3, -0.25) is 0 Å². The predicted molar refractivity (Wildman–Crippen MR) is 241 cm³/mol. The van der Waals surface area contributed by atoms with Crippen LogP contribution < -0.4 is 19.3 Å². The second kappa shape index (κ2) is 12.0. The highest BCUT2D eigenvalue weighted by atomic mass is 32.1. The molecule has 57 heavy (non-hydrogen) atoms. The molecule has 10 aromatic rings. The Labute approximate surface area is 335 Å². The molecular weight excluding hydrogens is 717 g/mol. The highest BCUT2D eigenvalue weighted by molar-refractivity contribution is 7.25. The Hall–Kier alpha value is -6.56. The maximum absolute atomic E-state index is 6.79. The zero-order valence-electron chi connectivity index (χ0n) is 32.1. The van der Waals surface area contributed by atoms with E-state index in [0.717, 1.165) is 57.1 Å². The zero-order valence-corrected chi connectivity index (χ0v) is 32.9. The van der Waals surface area contributed by atoms with Crippen molar-refractivity contribution in [3.05, 3.63) is 157 Å². The van der Waals surface area contributed by atoms with Gasteiger partial charge >= 0.3 is 0 Å². The van der Waals surface area contributed by atoms with Gasteiger partial charge in [0.15, 0.2) is 23.0 Å². The molecule has 274 valence electrons. The average Bonchev–Trinajstić information content (AvgIpc) is 3.60. The van der Waals surface area contributed by atoms with Crippen molar-refractivity contribution in [2.75, 3.05) is 9.80 Å². The van der Waals surface area contributed by atoms with Crippen LogP contribution in [0.25, 0.3) is 52.5 Å². The number of fused-ring (bicyclic) bond motifs is 7. The van der Waals surface area contributed by atoms with Gasteiger partial charge in [0.1, 0.15) is 0 Å². The number of benzene rings is 9. The van der Waals surface area contributed by atoms with E-state index in [4.69, 9.17) is 9.47 Å². The molecule has 0 unspecified atom stereocenters. The molecular formula is C52H38N2O2S. The summed E-state index contributed by atoms with van der Waals surface area (Å²) in [4.78, 5) is 4.88. The highest BCUT2D eigenvalue weighted by Gasteiger charge is 2.32. The topological polar surface area (TPSA) is 24.9 Å². The second-order valence-electron chi connectivity index (χ2n) is 16.0. The van der Waals surface area contributed by atoms with Crippen molar-refractivity contribution >= 4 is 98.0 Å². The summed E-state index contributed by atoms with van der Waals surface area (Å²) in [5.41, 5.74) is 9.17. The first-order valence-corrected chi connectivity index (χ1v) is 20.7. The lowest BCUT2D eigenvalue weighted by molar-refractivity contribution is 0.477. The molecule has 2 aliphatic rings. The molecule has 3 heterocycles. The van der Waals surface area contributed by atoms with Crippen molar-refractivity contribution < 1.29 is 9.47 Å². The fourth-order valence-electron chi connectivity index (χ4n) is 9.53. The molecule has 0 saturated heterocycles. The van der Waals surface area contributed by atoms with Gasteiger partial charge in [-0.25, -0.2) is 0 Å². The zero-order chi connectivity index (χ0) is 38.1. The molecule has 0 N–H and O–H groups in total. The Balaban J connectivity index is 1.20. The highest BCUT2D eigenvalue weighted by Crippen LogP contribution is 2.58. The summed E-state index contributed by atoms with van der Waals surface area (Å²) in [5, 5.41) is 10.2. The maximum atomic E-state index is 6.79. The second-order valence-corrected chi connectivity index (χ2v) is 17.1. The number of hydrogen-bond acceptors (Lipinski definition) is 5. The van der Waals surface area contributed by atoms with Crippen molar-refractivity contribution in [1.29, 1.82) is 0 Å². The molecule has 0 aliphatic carbocycles. The summed E-state index contributed by atoms with van der Waals surface area (Å²) in [6, 6.07) is 53.0. The molecule has 0 fully saturated rings. The van der Waals surface area contributed by atoms with Gasteiger partial charge in [-0.05, 0) is 111 Å². The van der Waals surface area contributed by atoms with Crippen LogP contribution in [0.5, 0.6) is 23.0 Å². The van der Waals surface area contributed by atoms with Crippen LogP contribution in [0.1, 0.15) is 50.7 Å². The first kappa shape index (κ1) is 32.7. The standard InChI is InChI=1S/C52H38N2O2S/c1-29(2)36-25-42(53-39-14-6-9-17-45(39)55-46-18-10-7-15-40(46)53)34-23-21-33-37(30(3)4)26-43(35-24-22-32(36)51(34)52(33)35)54-41-16-8-11-19-47(41)56-48-27-38-31-13-5-12-20-49(31)57-50(38)28-44(48)54/h5-30H,1-4H3. The third-order valence-corrected chi connectivity index (χ3v) is 13.2. The van der Waals surface area contributed by atoms with E-state index in [1.807, 2.05) is 11.3 Å². The summed E-state index contributed by atoms with van der Waals surface area (Å²) in [6.45, 7) is 9.28. The van der Waals surface area contributed by atoms with Crippen LogP contribution >= 0.6 is 11.3 Å². The van der Waals surface area contributed by atoms with Crippen molar-refractivity contribution in [3.63, 3.8) is 0 Å². The number of thiophene rings is 1. The van der Waals surface area contributed by atoms with E-state index >= 15 is 0 Å². The van der Waals surface area contributed by atoms with Crippen LogP contribution in [-0.2, 0) is 0 Å². The van der Waals surface area contributed by atoms with Crippen LogP contribution in [0, 0.1) is 0 Å².